The van der Waals surface area contributed by atoms with Gasteiger partial charge >= 0.3 is 6.18 Å². The van der Waals surface area contributed by atoms with Gasteiger partial charge in [-0.1, -0.05) is 23.4 Å². The van der Waals surface area contributed by atoms with Crippen LogP contribution in [0.5, 0.6) is 0 Å². The average molecular weight is 602 g/mol. The Balaban J connectivity index is 1.33. The molecule has 0 aliphatic heterocycles. The van der Waals surface area contributed by atoms with Gasteiger partial charge in [0.1, 0.15) is 0 Å². The molecule has 44 heavy (non-hydrogen) atoms. The number of likely N-dealkylation sites (N-methyl/N-ethyl adjacent to an activating group) is 1. The lowest BCUT2D eigenvalue weighted by Gasteiger charge is -2.21. The monoisotopic (exact) mass is 601 g/mol. The molecular formula is C33H34F3N7O. The van der Waals surface area contributed by atoms with E-state index in [1.165, 1.54) is 12.1 Å². The number of aryl methyl sites for hydroxylation is 2. The van der Waals surface area contributed by atoms with Crippen LogP contribution in [0, 0.1) is 13.8 Å². The van der Waals surface area contributed by atoms with Gasteiger partial charge in [-0.3, -0.25) is 4.98 Å². The SMILES string of the molecule is Cc1ccc(CNc2ccc(CC(C)N(C)C)cc2C(F)(F)F)cc1Nc1nccc(-c2cncc(-c3oncc3C)c2)n1. The van der Waals surface area contributed by atoms with Crippen molar-refractivity contribution in [3.63, 3.8) is 0 Å². The second-order valence-corrected chi connectivity index (χ2v) is 11.1. The first kappa shape index (κ1) is 30.7. The number of anilines is 3. The van der Waals surface area contributed by atoms with Gasteiger partial charge in [0.15, 0.2) is 5.76 Å². The fraction of sp³-hybridized carbons (Fsp3) is 0.273. The molecule has 0 bridgehead atoms. The fourth-order valence-electron chi connectivity index (χ4n) is 4.72. The van der Waals surface area contributed by atoms with Gasteiger partial charge in [-0.15, -0.1) is 0 Å². The van der Waals surface area contributed by atoms with Gasteiger partial charge in [-0.05, 0) is 88.3 Å². The smallest absolute Gasteiger partial charge is 0.380 e. The molecule has 1 atom stereocenters. The van der Waals surface area contributed by atoms with Crippen LogP contribution < -0.4 is 10.6 Å². The standard InChI is InChI=1S/C33H34F3N7O/c1-20-6-7-24(17-39-29-9-8-23(12-22(3)43(4)5)13-27(29)33(34,35)36)14-30(20)42-32-38-11-10-28(41-32)25-15-26(19-37-18-25)31-21(2)16-40-44-31/h6-11,13-16,18-19,22,39H,12,17H2,1-5H3,(H,38,41,42). The Morgan fingerprint density at radius 2 is 1.66 bits per heavy atom. The van der Waals surface area contributed by atoms with E-state index in [-0.39, 0.29) is 18.3 Å². The number of hydrogen-bond donors (Lipinski definition) is 2. The molecule has 0 fully saturated rings. The predicted octanol–water partition coefficient (Wildman–Crippen LogP) is 7.68. The zero-order valence-corrected chi connectivity index (χ0v) is 25.2. The van der Waals surface area contributed by atoms with Crippen molar-refractivity contribution in [1.82, 2.24) is 25.0 Å². The van der Waals surface area contributed by atoms with E-state index < -0.39 is 11.7 Å². The van der Waals surface area contributed by atoms with Gasteiger partial charge in [0, 0.05) is 59.2 Å². The van der Waals surface area contributed by atoms with Crippen LogP contribution >= 0.6 is 0 Å². The summed E-state index contributed by atoms with van der Waals surface area (Å²) in [7, 11) is 3.83. The van der Waals surface area contributed by atoms with Crippen molar-refractivity contribution in [2.75, 3.05) is 24.7 Å². The molecule has 2 aromatic carbocycles. The largest absolute Gasteiger partial charge is 0.418 e. The maximum absolute atomic E-state index is 14.0. The maximum Gasteiger partial charge on any atom is 0.418 e. The summed E-state index contributed by atoms with van der Waals surface area (Å²) < 4.78 is 47.3. The number of pyridine rings is 1. The zero-order chi connectivity index (χ0) is 31.4. The molecule has 2 N–H and O–H groups in total. The number of alkyl halides is 3. The molecule has 228 valence electrons. The van der Waals surface area contributed by atoms with Crippen molar-refractivity contribution in [3.8, 4) is 22.6 Å². The first-order chi connectivity index (χ1) is 21.0. The molecule has 3 aromatic heterocycles. The van der Waals surface area contributed by atoms with Crippen molar-refractivity contribution < 1.29 is 17.7 Å². The summed E-state index contributed by atoms with van der Waals surface area (Å²) >= 11 is 0. The minimum absolute atomic E-state index is 0.0428. The molecule has 0 aliphatic rings. The van der Waals surface area contributed by atoms with Gasteiger partial charge in [-0.2, -0.15) is 13.2 Å². The van der Waals surface area contributed by atoms with E-state index in [9.17, 15) is 13.2 Å². The van der Waals surface area contributed by atoms with Crippen LogP contribution in [-0.4, -0.2) is 45.1 Å². The Kier molecular flexibility index (Phi) is 8.96. The molecule has 5 rings (SSSR count). The summed E-state index contributed by atoms with van der Waals surface area (Å²) in [5.41, 5.74) is 5.62. The molecule has 0 saturated heterocycles. The number of hydrogen-bond acceptors (Lipinski definition) is 8. The van der Waals surface area contributed by atoms with E-state index in [2.05, 4.69) is 30.7 Å². The number of rotatable bonds is 10. The Morgan fingerprint density at radius 1 is 0.886 bits per heavy atom. The minimum Gasteiger partial charge on any atom is -0.380 e. The number of halogens is 3. The molecule has 3 heterocycles. The Morgan fingerprint density at radius 3 is 2.39 bits per heavy atom. The van der Waals surface area contributed by atoms with Gasteiger partial charge in [0.25, 0.3) is 0 Å². The van der Waals surface area contributed by atoms with Gasteiger partial charge in [0.2, 0.25) is 5.95 Å². The summed E-state index contributed by atoms with van der Waals surface area (Å²) in [6, 6.07) is 14.0. The minimum atomic E-state index is -4.48. The molecule has 0 amide bonds. The van der Waals surface area contributed by atoms with Crippen molar-refractivity contribution in [3.05, 3.63) is 101 Å². The van der Waals surface area contributed by atoms with Crippen molar-refractivity contribution in [2.24, 2.45) is 0 Å². The number of nitrogens with one attached hydrogen (secondary N) is 2. The highest BCUT2D eigenvalue weighted by atomic mass is 19.4. The summed E-state index contributed by atoms with van der Waals surface area (Å²) in [6.07, 6.45) is 2.76. The first-order valence-corrected chi connectivity index (χ1v) is 14.1. The Labute approximate surface area is 254 Å². The summed E-state index contributed by atoms with van der Waals surface area (Å²) in [4.78, 5) is 15.4. The Hall–Kier alpha value is -4.77. The molecule has 1 unspecified atom stereocenters. The molecule has 5 aromatic rings. The highest BCUT2D eigenvalue weighted by molar-refractivity contribution is 5.69. The lowest BCUT2D eigenvalue weighted by atomic mass is 10.0. The molecule has 0 saturated carbocycles. The highest BCUT2D eigenvalue weighted by Crippen LogP contribution is 2.36. The molecule has 8 nitrogen and oxygen atoms in total. The van der Waals surface area contributed by atoms with Crippen molar-refractivity contribution in [2.45, 2.75) is 46.0 Å². The Bertz CT molecular complexity index is 1750. The topological polar surface area (TPSA) is 92.0 Å². The average Bonchev–Trinajstić information content (AvgIpc) is 3.43. The highest BCUT2D eigenvalue weighted by Gasteiger charge is 2.34. The second-order valence-electron chi connectivity index (χ2n) is 11.1. The van der Waals surface area contributed by atoms with E-state index in [0.29, 0.717) is 29.4 Å². The van der Waals surface area contributed by atoms with Crippen LogP contribution in [0.2, 0.25) is 0 Å². The summed E-state index contributed by atoms with van der Waals surface area (Å²) in [5.74, 6) is 1.02. The van der Waals surface area contributed by atoms with Gasteiger partial charge in [-0.25, -0.2) is 9.97 Å². The second kappa shape index (κ2) is 12.8. The normalized spacial score (nSPS) is 12.4. The van der Waals surface area contributed by atoms with E-state index in [4.69, 9.17) is 4.52 Å². The van der Waals surface area contributed by atoms with E-state index in [1.807, 2.05) is 64.0 Å². The van der Waals surface area contributed by atoms with Crippen LogP contribution in [0.1, 0.15) is 34.7 Å². The summed E-state index contributed by atoms with van der Waals surface area (Å²) in [5, 5.41) is 10.1. The van der Waals surface area contributed by atoms with Crippen molar-refractivity contribution in [1.29, 1.82) is 0 Å². The van der Waals surface area contributed by atoms with Crippen LogP contribution in [0.15, 0.2) is 77.8 Å². The third kappa shape index (κ3) is 7.23. The number of nitrogens with zero attached hydrogens (tertiary/aromatic N) is 5. The lowest BCUT2D eigenvalue weighted by Crippen LogP contribution is -2.26. The van der Waals surface area contributed by atoms with Gasteiger partial charge < -0.3 is 20.1 Å². The van der Waals surface area contributed by atoms with E-state index >= 15 is 0 Å². The quantitative estimate of drug-likeness (QED) is 0.168. The van der Waals surface area contributed by atoms with E-state index in [0.717, 1.165) is 33.5 Å². The third-order valence-corrected chi connectivity index (χ3v) is 7.53. The van der Waals surface area contributed by atoms with Crippen LogP contribution in [0.25, 0.3) is 22.6 Å². The van der Waals surface area contributed by atoms with Crippen LogP contribution in [-0.2, 0) is 19.1 Å². The molecule has 11 heteroatoms. The number of aromatic nitrogens is 4. The lowest BCUT2D eigenvalue weighted by molar-refractivity contribution is -0.137. The molecule has 0 spiro atoms. The van der Waals surface area contributed by atoms with Crippen LogP contribution in [0.4, 0.5) is 30.5 Å². The zero-order valence-electron chi connectivity index (χ0n) is 25.2. The molecule has 0 aliphatic carbocycles. The predicted molar refractivity (Wildman–Crippen MR) is 166 cm³/mol. The molecular weight excluding hydrogens is 567 g/mol. The van der Waals surface area contributed by atoms with Crippen molar-refractivity contribution >= 4 is 17.3 Å². The van der Waals surface area contributed by atoms with Gasteiger partial charge in [0.05, 0.1) is 17.5 Å². The summed E-state index contributed by atoms with van der Waals surface area (Å²) in [6.45, 7) is 6.03. The fourth-order valence-corrected chi connectivity index (χ4v) is 4.72. The third-order valence-electron chi connectivity index (χ3n) is 7.53. The number of benzene rings is 2. The maximum atomic E-state index is 14.0. The first-order valence-electron chi connectivity index (χ1n) is 14.1. The van der Waals surface area contributed by atoms with Crippen LogP contribution in [0.3, 0.4) is 0 Å². The van der Waals surface area contributed by atoms with E-state index in [1.54, 1.807) is 36.9 Å². The molecule has 0 radical (unpaired) electrons.